The first-order chi connectivity index (χ1) is 8.54. The summed E-state index contributed by atoms with van der Waals surface area (Å²) in [5, 5.41) is 2.72. The lowest BCUT2D eigenvalue weighted by Gasteiger charge is -2.17. The first kappa shape index (κ1) is 14.0. The van der Waals surface area contributed by atoms with Crippen LogP contribution in [0.4, 0.5) is 5.69 Å². The Labute approximate surface area is 107 Å². The third-order valence-electron chi connectivity index (χ3n) is 2.24. The lowest BCUT2D eigenvalue weighted by atomic mass is 10.1. The molecule has 0 saturated carbocycles. The van der Waals surface area contributed by atoms with Crippen molar-refractivity contribution in [3.63, 3.8) is 0 Å². The minimum atomic E-state index is -0.490. The number of carbonyl (C=O) groups excluding carboxylic acids is 2. The molecule has 0 aliphatic rings. The van der Waals surface area contributed by atoms with Crippen molar-refractivity contribution in [2.75, 3.05) is 5.32 Å². The second-order valence-electron chi connectivity index (χ2n) is 3.82. The van der Waals surface area contributed by atoms with Crippen LogP contribution in [-0.4, -0.2) is 11.9 Å². The van der Waals surface area contributed by atoms with Crippen LogP contribution in [0.1, 0.15) is 32.4 Å². The summed E-state index contributed by atoms with van der Waals surface area (Å²) >= 11 is 0. The standard InChI is InChI=1S/C14H17NO3/c1-4-7-14(18-11(3)17)12-8-5-6-9-13(12)15-10(2)16/h4-9,14H,1-3H3,(H,15,16)/b7-4+. The van der Waals surface area contributed by atoms with Crippen LogP contribution >= 0.6 is 0 Å². The number of anilines is 1. The van der Waals surface area contributed by atoms with E-state index < -0.39 is 6.10 Å². The van der Waals surface area contributed by atoms with E-state index in [1.807, 2.05) is 25.1 Å². The summed E-state index contributed by atoms with van der Waals surface area (Å²) in [5.41, 5.74) is 1.40. The Balaban J connectivity index is 3.10. The van der Waals surface area contributed by atoms with Gasteiger partial charge in [0.1, 0.15) is 6.10 Å². The zero-order valence-corrected chi connectivity index (χ0v) is 10.8. The molecule has 0 spiro atoms. The van der Waals surface area contributed by atoms with Gasteiger partial charge in [-0.25, -0.2) is 0 Å². The fraction of sp³-hybridized carbons (Fsp3) is 0.286. The molecule has 0 aliphatic heterocycles. The second kappa shape index (κ2) is 6.59. The molecule has 0 radical (unpaired) electrons. The van der Waals surface area contributed by atoms with Gasteiger partial charge in [-0.3, -0.25) is 9.59 Å². The van der Waals surface area contributed by atoms with Gasteiger partial charge in [-0.1, -0.05) is 24.3 Å². The Morgan fingerprint density at radius 1 is 1.28 bits per heavy atom. The monoisotopic (exact) mass is 247 g/mol. The summed E-state index contributed by atoms with van der Waals surface area (Å²) in [4.78, 5) is 22.2. The number of nitrogens with one attached hydrogen (secondary N) is 1. The van der Waals surface area contributed by atoms with Gasteiger partial charge < -0.3 is 10.1 Å². The van der Waals surface area contributed by atoms with Crippen molar-refractivity contribution in [2.24, 2.45) is 0 Å². The summed E-state index contributed by atoms with van der Waals surface area (Å²) in [6.07, 6.45) is 3.08. The molecule has 1 N–H and O–H groups in total. The van der Waals surface area contributed by atoms with Crippen LogP contribution in [-0.2, 0) is 14.3 Å². The fourth-order valence-corrected chi connectivity index (χ4v) is 1.61. The van der Waals surface area contributed by atoms with Crippen molar-refractivity contribution in [2.45, 2.75) is 26.9 Å². The molecule has 1 aromatic carbocycles. The van der Waals surface area contributed by atoms with Gasteiger partial charge in [0.2, 0.25) is 5.91 Å². The number of benzene rings is 1. The normalized spacial score (nSPS) is 12.2. The first-order valence-corrected chi connectivity index (χ1v) is 5.71. The molecular weight excluding hydrogens is 230 g/mol. The number of hydrogen-bond acceptors (Lipinski definition) is 3. The molecule has 4 nitrogen and oxygen atoms in total. The Morgan fingerprint density at radius 2 is 1.94 bits per heavy atom. The highest BCUT2D eigenvalue weighted by Crippen LogP contribution is 2.27. The minimum absolute atomic E-state index is 0.162. The van der Waals surface area contributed by atoms with E-state index in [0.717, 1.165) is 5.56 Å². The minimum Gasteiger partial charge on any atom is -0.453 e. The van der Waals surface area contributed by atoms with Gasteiger partial charge in [0.25, 0.3) is 0 Å². The maximum Gasteiger partial charge on any atom is 0.303 e. The molecule has 0 fully saturated rings. The number of hydrogen-bond donors (Lipinski definition) is 1. The number of esters is 1. The number of ether oxygens (including phenoxy) is 1. The topological polar surface area (TPSA) is 55.4 Å². The first-order valence-electron chi connectivity index (χ1n) is 5.71. The molecule has 18 heavy (non-hydrogen) atoms. The van der Waals surface area contributed by atoms with Crippen LogP contribution in [0, 0.1) is 0 Å². The number of para-hydroxylation sites is 1. The van der Waals surface area contributed by atoms with E-state index >= 15 is 0 Å². The molecule has 1 aromatic rings. The van der Waals surface area contributed by atoms with Crippen molar-refractivity contribution >= 4 is 17.6 Å². The summed E-state index contributed by atoms with van der Waals surface area (Å²) in [5.74, 6) is -0.528. The highest BCUT2D eigenvalue weighted by Gasteiger charge is 2.15. The molecule has 0 bridgehead atoms. The predicted molar refractivity (Wildman–Crippen MR) is 70.1 cm³/mol. The molecule has 1 amide bonds. The summed E-state index contributed by atoms with van der Waals surface area (Å²) in [6, 6.07) is 7.24. The number of carbonyl (C=O) groups is 2. The second-order valence-corrected chi connectivity index (χ2v) is 3.82. The predicted octanol–water partition coefficient (Wildman–Crippen LogP) is 2.83. The molecule has 1 unspecified atom stereocenters. The van der Waals surface area contributed by atoms with E-state index in [9.17, 15) is 9.59 Å². The summed E-state index contributed by atoms with van der Waals surface area (Å²) < 4.78 is 5.22. The van der Waals surface area contributed by atoms with E-state index in [2.05, 4.69) is 5.32 Å². The van der Waals surface area contributed by atoms with Gasteiger partial charge in [0, 0.05) is 25.1 Å². The van der Waals surface area contributed by atoms with Gasteiger partial charge in [0.05, 0.1) is 0 Å². The lowest BCUT2D eigenvalue weighted by molar-refractivity contribution is -0.144. The number of rotatable bonds is 4. The molecule has 1 atom stereocenters. The molecular formula is C14H17NO3. The highest BCUT2D eigenvalue weighted by atomic mass is 16.5. The summed E-state index contributed by atoms with van der Waals surface area (Å²) in [7, 11) is 0. The van der Waals surface area contributed by atoms with Crippen LogP contribution in [0.5, 0.6) is 0 Å². The van der Waals surface area contributed by atoms with Crippen LogP contribution in [0.3, 0.4) is 0 Å². The highest BCUT2D eigenvalue weighted by molar-refractivity contribution is 5.89. The SMILES string of the molecule is C/C=C/C(OC(C)=O)c1ccccc1NC(C)=O. The zero-order chi connectivity index (χ0) is 13.5. The molecule has 96 valence electrons. The molecule has 0 aliphatic carbocycles. The molecule has 0 heterocycles. The molecule has 4 heteroatoms. The van der Waals surface area contributed by atoms with Gasteiger partial charge in [-0.05, 0) is 19.1 Å². The van der Waals surface area contributed by atoms with Crippen LogP contribution in [0.15, 0.2) is 36.4 Å². The number of amides is 1. The third kappa shape index (κ3) is 4.05. The van der Waals surface area contributed by atoms with Crippen LogP contribution in [0.2, 0.25) is 0 Å². The average Bonchev–Trinajstić information content (AvgIpc) is 2.28. The average molecular weight is 247 g/mol. The van der Waals surface area contributed by atoms with Crippen molar-refractivity contribution < 1.29 is 14.3 Å². The zero-order valence-electron chi connectivity index (χ0n) is 10.8. The van der Waals surface area contributed by atoms with E-state index in [1.54, 1.807) is 18.2 Å². The van der Waals surface area contributed by atoms with Gasteiger partial charge in [-0.15, -0.1) is 0 Å². The Hall–Kier alpha value is -2.10. The third-order valence-corrected chi connectivity index (χ3v) is 2.24. The maximum atomic E-state index is 11.1. The fourth-order valence-electron chi connectivity index (χ4n) is 1.61. The smallest absolute Gasteiger partial charge is 0.303 e. The van der Waals surface area contributed by atoms with Gasteiger partial charge in [0.15, 0.2) is 0 Å². The van der Waals surface area contributed by atoms with E-state index in [1.165, 1.54) is 13.8 Å². The van der Waals surface area contributed by atoms with E-state index in [4.69, 9.17) is 4.74 Å². The Morgan fingerprint density at radius 3 is 2.50 bits per heavy atom. The molecule has 1 rings (SSSR count). The number of allylic oxidation sites excluding steroid dienone is 1. The van der Waals surface area contributed by atoms with Crippen molar-refractivity contribution in [1.82, 2.24) is 0 Å². The van der Waals surface area contributed by atoms with Crippen molar-refractivity contribution in [3.8, 4) is 0 Å². The maximum absolute atomic E-state index is 11.1. The Bertz CT molecular complexity index is 466. The Kier molecular flexibility index (Phi) is 5.11. The van der Waals surface area contributed by atoms with E-state index in [-0.39, 0.29) is 11.9 Å². The van der Waals surface area contributed by atoms with Crippen LogP contribution in [0.25, 0.3) is 0 Å². The lowest BCUT2D eigenvalue weighted by Crippen LogP contribution is -2.12. The summed E-state index contributed by atoms with van der Waals surface area (Å²) in [6.45, 7) is 4.64. The van der Waals surface area contributed by atoms with Gasteiger partial charge in [-0.2, -0.15) is 0 Å². The van der Waals surface area contributed by atoms with Gasteiger partial charge >= 0.3 is 5.97 Å². The van der Waals surface area contributed by atoms with Crippen molar-refractivity contribution in [3.05, 3.63) is 42.0 Å². The molecule has 0 saturated heterocycles. The van der Waals surface area contributed by atoms with Crippen LogP contribution < -0.4 is 5.32 Å². The van der Waals surface area contributed by atoms with E-state index in [0.29, 0.717) is 5.69 Å². The molecule has 0 aromatic heterocycles. The van der Waals surface area contributed by atoms with Crippen molar-refractivity contribution in [1.29, 1.82) is 0 Å². The quantitative estimate of drug-likeness (QED) is 0.657. The largest absolute Gasteiger partial charge is 0.453 e.